The van der Waals surface area contributed by atoms with Gasteiger partial charge in [-0.25, -0.2) is 22.7 Å². The highest BCUT2D eigenvalue weighted by Gasteiger charge is 2.37. The van der Waals surface area contributed by atoms with Gasteiger partial charge in [-0.15, -0.1) is 0 Å². The van der Waals surface area contributed by atoms with Crippen molar-refractivity contribution in [3.05, 3.63) is 65.4 Å². The average molecular weight is 922 g/mol. The number of nitrogens with zero attached hydrogens (tertiary/aromatic N) is 9. The van der Waals surface area contributed by atoms with Crippen LogP contribution < -0.4 is 15.5 Å². The first kappa shape index (κ1) is 43.7. The summed E-state index contributed by atoms with van der Waals surface area (Å²) >= 11 is 0. The van der Waals surface area contributed by atoms with Crippen LogP contribution in [0.15, 0.2) is 42.9 Å². The number of hydrogen-bond donors (Lipinski definition) is 2. The molecule has 8 heterocycles. The van der Waals surface area contributed by atoms with Gasteiger partial charge in [-0.05, 0) is 81.8 Å². The van der Waals surface area contributed by atoms with Crippen molar-refractivity contribution in [2.75, 3.05) is 62.8 Å². The first-order chi connectivity index (χ1) is 32.6. The van der Waals surface area contributed by atoms with Crippen molar-refractivity contribution in [1.82, 2.24) is 44.4 Å². The summed E-state index contributed by atoms with van der Waals surface area (Å²) in [5.74, 6) is 6.94. The summed E-state index contributed by atoms with van der Waals surface area (Å²) in [7, 11) is 0. The molecule has 4 aromatic heterocycles. The summed E-state index contributed by atoms with van der Waals surface area (Å²) in [6.07, 6.45) is 7.52. The van der Waals surface area contributed by atoms with Crippen LogP contribution in [-0.2, 0) is 19.1 Å². The summed E-state index contributed by atoms with van der Waals surface area (Å²) in [5, 5.41) is 19.4. The Kier molecular flexibility index (Phi) is 12.0. The molecule has 16 nitrogen and oxygen atoms in total. The molecule has 0 spiro atoms. The van der Waals surface area contributed by atoms with Crippen LogP contribution in [-0.4, -0.2) is 122 Å². The second-order valence-corrected chi connectivity index (χ2v) is 19.3. The third-order valence-electron chi connectivity index (χ3n) is 14.6. The molecular formula is C48H54F3N11O5. The fraction of sp³-hybridized carbons (Fsp3) is 0.562. The van der Waals surface area contributed by atoms with Crippen LogP contribution in [0.2, 0.25) is 0 Å². The maximum Gasteiger partial charge on any atom is 0.284 e. The quantitative estimate of drug-likeness (QED) is 0.105. The van der Waals surface area contributed by atoms with Gasteiger partial charge >= 0.3 is 0 Å². The number of halogens is 3. The first-order valence-corrected chi connectivity index (χ1v) is 23.8. The minimum Gasteiger partial charge on any atom is -0.381 e. The number of aromatic nitrogens is 7. The minimum atomic E-state index is -2.89. The zero-order valence-corrected chi connectivity index (χ0v) is 37.2. The Hall–Kier alpha value is -5.84. The summed E-state index contributed by atoms with van der Waals surface area (Å²) in [6, 6.07) is 7.77. The van der Waals surface area contributed by atoms with E-state index in [1.165, 1.54) is 16.9 Å². The molecule has 6 fully saturated rings. The van der Waals surface area contributed by atoms with Gasteiger partial charge in [0.15, 0.2) is 11.3 Å². The van der Waals surface area contributed by atoms with E-state index in [4.69, 9.17) is 19.6 Å². The van der Waals surface area contributed by atoms with E-state index >= 15 is 4.39 Å². The second kappa shape index (κ2) is 18.3. The van der Waals surface area contributed by atoms with Crippen molar-refractivity contribution < 1.29 is 37.0 Å². The molecule has 2 aliphatic carbocycles. The molecule has 0 radical (unpaired) electrons. The number of nitrogens with one attached hydrogen (secondary N) is 2. The standard InChI is InChI=1S/C48H54F3N11O5/c49-37-24-58(16-14-39(37)67-18-2-4-31-3-1-5-34-42(35-12-13-41(63)55-47(35)64)57-62(44(31)34)33-10-11-33)21-28-6-8-32(9-7-28)61-25-38(43(56-61)45(50)51)53-48(65)36-20-52-60-17-15-40(54-46(36)60)59-22-29(23-59)19-30-26-66-27-30/h1,3,5,15,17,20,25,28-30,32-33,35,37,39,45H,6-14,16,18-19,21-24,26-27H2,(H,53,65)(H,55,63,64)/t28?,32?,35?,37-,39+/m1/s1. The normalized spacial score (nSPS) is 25.3. The van der Waals surface area contributed by atoms with Crippen molar-refractivity contribution in [3.8, 4) is 11.8 Å². The molecule has 5 aromatic rings. The molecule has 11 rings (SSSR count). The highest BCUT2D eigenvalue weighted by Crippen LogP contribution is 2.41. The molecule has 2 N–H and O–H groups in total. The van der Waals surface area contributed by atoms with Gasteiger partial charge in [0.1, 0.15) is 24.2 Å². The Morgan fingerprint density at radius 2 is 1.79 bits per heavy atom. The Bertz CT molecular complexity index is 2740. The van der Waals surface area contributed by atoms with E-state index in [1.807, 2.05) is 28.9 Å². The van der Waals surface area contributed by atoms with E-state index in [0.717, 1.165) is 100 Å². The number of carbonyl (C=O) groups excluding carboxylic acids is 3. The molecule has 67 heavy (non-hydrogen) atoms. The maximum absolute atomic E-state index is 15.6. The molecule has 3 atom stereocenters. The van der Waals surface area contributed by atoms with E-state index < -0.39 is 36.2 Å². The molecular weight excluding hydrogens is 868 g/mol. The topological polar surface area (TPSA) is 166 Å². The second-order valence-electron chi connectivity index (χ2n) is 19.3. The zero-order chi connectivity index (χ0) is 45.8. The molecule has 4 saturated heterocycles. The van der Waals surface area contributed by atoms with E-state index in [9.17, 15) is 23.2 Å². The number of imide groups is 1. The summed E-state index contributed by atoms with van der Waals surface area (Å²) in [5.41, 5.74) is 2.34. The Morgan fingerprint density at radius 3 is 2.54 bits per heavy atom. The third-order valence-corrected chi connectivity index (χ3v) is 14.6. The number of hydrogen-bond acceptors (Lipinski definition) is 11. The van der Waals surface area contributed by atoms with Crippen LogP contribution in [0, 0.1) is 29.6 Å². The average Bonchev–Trinajstić information content (AvgIpc) is 3.71. The number of para-hydroxylation sites is 1. The fourth-order valence-corrected chi connectivity index (χ4v) is 10.7. The molecule has 6 aliphatic rings. The van der Waals surface area contributed by atoms with Gasteiger partial charge < -0.3 is 19.7 Å². The van der Waals surface area contributed by atoms with Gasteiger partial charge in [0, 0.05) is 62.8 Å². The predicted octanol–water partition coefficient (Wildman–Crippen LogP) is 6.01. The number of rotatable bonds is 13. The Balaban J connectivity index is 0.659. The molecule has 19 heteroatoms. The highest BCUT2D eigenvalue weighted by atomic mass is 19.3. The molecule has 0 bridgehead atoms. The van der Waals surface area contributed by atoms with Crippen LogP contribution >= 0.6 is 0 Å². The third kappa shape index (κ3) is 9.03. The van der Waals surface area contributed by atoms with Gasteiger partial charge in [-0.3, -0.25) is 34.0 Å². The lowest BCUT2D eigenvalue weighted by Gasteiger charge is -2.43. The van der Waals surface area contributed by atoms with Crippen molar-refractivity contribution in [1.29, 1.82) is 0 Å². The largest absolute Gasteiger partial charge is 0.381 e. The van der Waals surface area contributed by atoms with E-state index in [1.54, 1.807) is 10.9 Å². The molecule has 1 unspecified atom stereocenters. The number of amides is 3. The Labute approximate surface area is 384 Å². The monoisotopic (exact) mass is 921 g/mol. The lowest BCUT2D eigenvalue weighted by atomic mass is 9.85. The van der Waals surface area contributed by atoms with Gasteiger partial charge in [0.2, 0.25) is 11.8 Å². The molecule has 3 amide bonds. The maximum atomic E-state index is 15.6. The number of likely N-dealkylation sites (tertiary alicyclic amines) is 1. The lowest BCUT2D eigenvalue weighted by Crippen LogP contribution is -2.49. The number of benzene rings is 1. The summed E-state index contributed by atoms with van der Waals surface area (Å²) < 4.78 is 60.6. The number of alkyl halides is 3. The molecule has 352 valence electrons. The highest BCUT2D eigenvalue weighted by molar-refractivity contribution is 6.08. The van der Waals surface area contributed by atoms with Crippen molar-refractivity contribution in [3.63, 3.8) is 0 Å². The van der Waals surface area contributed by atoms with Crippen LogP contribution in [0.3, 0.4) is 0 Å². The Morgan fingerprint density at radius 1 is 0.970 bits per heavy atom. The summed E-state index contributed by atoms with van der Waals surface area (Å²) in [4.78, 5) is 47.2. The van der Waals surface area contributed by atoms with Crippen molar-refractivity contribution >= 4 is 45.8 Å². The molecule has 2 saturated carbocycles. The van der Waals surface area contributed by atoms with Crippen molar-refractivity contribution in [2.45, 2.75) is 101 Å². The fourth-order valence-electron chi connectivity index (χ4n) is 10.7. The summed E-state index contributed by atoms with van der Waals surface area (Å²) in [6.45, 7) is 5.20. The van der Waals surface area contributed by atoms with Crippen molar-refractivity contribution in [2.24, 2.45) is 17.8 Å². The van der Waals surface area contributed by atoms with Gasteiger partial charge in [-0.2, -0.15) is 15.3 Å². The SMILES string of the molecule is O=C1CCC(c2nn(C3CC3)c3c(C#CCO[C@H]4CCN(CC5CCC(n6cc(NC(=O)c7cnn8ccc(N9CC(CC%10COC%10)C9)nc78)c(C(F)F)n6)CC5)C[C@H]4F)cccc23)C(=O)N1. The van der Waals surface area contributed by atoms with Gasteiger partial charge in [0.25, 0.3) is 12.3 Å². The smallest absolute Gasteiger partial charge is 0.284 e. The number of ether oxygens (including phenoxy) is 2. The predicted molar refractivity (Wildman–Crippen MR) is 239 cm³/mol. The number of piperidine rings is 2. The van der Waals surface area contributed by atoms with Crippen LogP contribution in [0.4, 0.5) is 24.7 Å². The minimum absolute atomic E-state index is 0.0349. The van der Waals surface area contributed by atoms with Crippen LogP contribution in [0.25, 0.3) is 16.6 Å². The number of anilines is 2. The van der Waals surface area contributed by atoms with E-state index in [-0.39, 0.29) is 54.7 Å². The van der Waals surface area contributed by atoms with Crippen LogP contribution in [0.5, 0.6) is 0 Å². The zero-order valence-electron chi connectivity index (χ0n) is 37.2. The van der Waals surface area contributed by atoms with Crippen LogP contribution in [0.1, 0.15) is 116 Å². The first-order valence-electron chi connectivity index (χ1n) is 23.8. The van der Waals surface area contributed by atoms with E-state index in [2.05, 4.69) is 42.5 Å². The molecule has 1 aromatic carbocycles. The van der Waals surface area contributed by atoms with Gasteiger partial charge in [-0.1, -0.05) is 24.0 Å². The molecule has 4 aliphatic heterocycles. The number of fused-ring (bicyclic) bond motifs is 2. The lowest BCUT2D eigenvalue weighted by molar-refractivity contribution is -0.134. The number of carbonyl (C=O) groups is 3. The van der Waals surface area contributed by atoms with Gasteiger partial charge in [0.05, 0.1) is 66.0 Å². The van der Waals surface area contributed by atoms with E-state index in [0.29, 0.717) is 48.5 Å².